The Labute approximate surface area is 140 Å². The highest BCUT2D eigenvalue weighted by Gasteiger charge is 2.25. The molecule has 1 saturated heterocycles. The summed E-state index contributed by atoms with van der Waals surface area (Å²) in [6.45, 7) is 1.40. The van der Waals surface area contributed by atoms with Crippen molar-refractivity contribution in [3.8, 4) is 0 Å². The first-order chi connectivity index (χ1) is 11.5. The molecule has 24 heavy (non-hydrogen) atoms. The number of carboxylic acids is 1. The van der Waals surface area contributed by atoms with Gasteiger partial charge in [0.1, 0.15) is 0 Å². The third kappa shape index (κ3) is 3.48. The zero-order chi connectivity index (χ0) is 17.1. The van der Waals surface area contributed by atoms with E-state index in [0.717, 1.165) is 24.8 Å². The minimum atomic E-state index is -0.880. The number of hydrogen-bond donors (Lipinski definition) is 1. The number of nitrogens with zero attached hydrogens (tertiary/aromatic N) is 3. The van der Waals surface area contributed by atoms with E-state index < -0.39 is 5.97 Å². The second-order valence-electron chi connectivity index (χ2n) is 6.30. The molecule has 1 fully saturated rings. The SMILES string of the molecule is Cn1cc(C(=O)N2CCC(Cc3ccccc3C(=O)O)CC2)cn1. The first-order valence-electron chi connectivity index (χ1n) is 8.13. The molecule has 1 aromatic carbocycles. The highest BCUT2D eigenvalue weighted by Crippen LogP contribution is 2.24. The monoisotopic (exact) mass is 327 g/mol. The van der Waals surface area contributed by atoms with Crippen molar-refractivity contribution < 1.29 is 14.7 Å². The van der Waals surface area contributed by atoms with Gasteiger partial charge < -0.3 is 10.0 Å². The molecule has 1 amide bonds. The molecule has 0 radical (unpaired) electrons. The minimum absolute atomic E-state index is 0.0208. The van der Waals surface area contributed by atoms with Crippen molar-refractivity contribution >= 4 is 11.9 Å². The molecule has 2 heterocycles. The molecule has 6 nitrogen and oxygen atoms in total. The van der Waals surface area contributed by atoms with Gasteiger partial charge >= 0.3 is 5.97 Å². The van der Waals surface area contributed by atoms with Gasteiger partial charge in [0.15, 0.2) is 0 Å². The van der Waals surface area contributed by atoms with Crippen LogP contribution in [0.25, 0.3) is 0 Å². The zero-order valence-electron chi connectivity index (χ0n) is 13.7. The van der Waals surface area contributed by atoms with Crippen LogP contribution in [0.15, 0.2) is 36.7 Å². The number of rotatable bonds is 4. The Balaban J connectivity index is 1.60. The van der Waals surface area contributed by atoms with Crippen molar-refractivity contribution in [3.63, 3.8) is 0 Å². The molecular weight excluding hydrogens is 306 g/mol. The van der Waals surface area contributed by atoms with Gasteiger partial charge in [0, 0.05) is 26.3 Å². The predicted octanol–water partition coefficient (Wildman–Crippen LogP) is 2.21. The third-order valence-corrected chi connectivity index (χ3v) is 4.61. The van der Waals surface area contributed by atoms with E-state index in [1.54, 1.807) is 36.3 Å². The number of carbonyl (C=O) groups excluding carboxylic acids is 1. The number of piperidine rings is 1. The molecule has 1 aromatic heterocycles. The standard InChI is InChI=1S/C18H21N3O3/c1-20-12-15(11-19-20)17(22)21-8-6-13(7-9-21)10-14-4-2-3-5-16(14)18(23)24/h2-5,11-13H,6-10H2,1H3,(H,23,24). The summed E-state index contributed by atoms with van der Waals surface area (Å²) in [5.41, 5.74) is 1.88. The van der Waals surface area contributed by atoms with Crippen molar-refractivity contribution in [2.45, 2.75) is 19.3 Å². The number of benzene rings is 1. The quantitative estimate of drug-likeness (QED) is 0.934. The summed E-state index contributed by atoms with van der Waals surface area (Å²) in [4.78, 5) is 25.6. The van der Waals surface area contributed by atoms with E-state index in [2.05, 4.69) is 5.10 Å². The summed E-state index contributed by atoms with van der Waals surface area (Å²) in [6, 6.07) is 7.17. The van der Waals surface area contributed by atoms with Crippen LogP contribution in [0.3, 0.4) is 0 Å². The average molecular weight is 327 g/mol. The lowest BCUT2D eigenvalue weighted by molar-refractivity contribution is 0.0690. The molecule has 0 atom stereocenters. The van der Waals surface area contributed by atoms with E-state index in [1.165, 1.54) is 0 Å². The smallest absolute Gasteiger partial charge is 0.335 e. The number of carboxylic acid groups (broad SMARTS) is 1. The van der Waals surface area contributed by atoms with Gasteiger partial charge in [0.25, 0.3) is 5.91 Å². The largest absolute Gasteiger partial charge is 0.478 e. The van der Waals surface area contributed by atoms with Crippen LogP contribution in [0.1, 0.15) is 39.1 Å². The van der Waals surface area contributed by atoms with E-state index in [4.69, 9.17) is 0 Å². The molecule has 3 rings (SSSR count). The Morgan fingerprint density at radius 3 is 2.58 bits per heavy atom. The molecule has 2 aromatic rings. The van der Waals surface area contributed by atoms with Crippen molar-refractivity contribution in [2.24, 2.45) is 13.0 Å². The van der Waals surface area contributed by atoms with Crippen LogP contribution in [0, 0.1) is 5.92 Å². The zero-order valence-corrected chi connectivity index (χ0v) is 13.7. The van der Waals surface area contributed by atoms with Crippen LogP contribution in [-0.4, -0.2) is 44.8 Å². The summed E-state index contributed by atoms with van der Waals surface area (Å²) in [5, 5.41) is 13.3. The van der Waals surface area contributed by atoms with Gasteiger partial charge in [-0.05, 0) is 36.8 Å². The summed E-state index contributed by atoms with van der Waals surface area (Å²) in [5.74, 6) is -0.453. The Morgan fingerprint density at radius 1 is 1.25 bits per heavy atom. The average Bonchev–Trinajstić information content (AvgIpc) is 3.02. The van der Waals surface area contributed by atoms with E-state index in [9.17, 15) is 14.7 Å². The first kappa shape index (κ1) is 16.2. The Kier molecular flexibility index (Phi) is 4.64. The van der Waals surface area contributed by atoms with Gasteiger partial charge in [0.2, 0.25) is 0 Å². The molecule has 1 N–H and O–H groups in total. The topological polar surface area (TPSA) is 75.4 Å². The van der Waals surface area contributed by atoms with Gasteiger partial charge in [-0.3, -0.25) is 9.48 Å². The molecular formula is C18H21N3O3. The van der Waals surface area contributed by atoms with Crippen molar-refractivity contribution in [1.29, 1.82) is 0 Å². The number of amides is 1. The lowest BCUT2D eigenvalue weighted by Crippen LogP contribution is -2.38. The maximum atomic E-state index is 12.4. The maximum absolute atomic E-state index is 12.4. The highest BCUT2D eigenvalue weighted by molar-refractivity contribution is 5.93. The van der Waals surface area contributed by atoms with E-state index in [1.807, 2.05) is 17.0 Å². The number of carbonyl (C=O) groups is 2. The summed E-state index contributed by atoms with van der Waals surface area (Å²) in [7, 11) is 1.79. The van der Waals surface area contributed by atoms with Crippen LogP contribution in [0.4, 0.5) is 0 Å². The lowest BCUT2D eigenvalue weighted by Gasteiger charge is -2.32. The lowest BCUT2D eigenvalue weighted by atomic mass is 9.88. The maximum Gasteiger partial charge on any atom is 0.335 e. The fourth-order valence-electron chi connectivity index (χ4n) is 3.27. The first-order valence-corrected chi connectivity index (χ1v) is 8.13. The van der Waals surface area contributed by atoms with Crippen LogP contribution >= 0.6 is 0 Å². The molecule has 6 heteroatoms. The van der Waals surface area contributed by atoms with Crippen LogP contribution in [0.2, 0.25) is 0 Å². The second kappa shape index (κ2) is 6.86. The number of aromatic nitrogens is 2. The fourth-order valence-corrected chi connectivity index (χ4v) is 3.27. The van der Waals surface area contributed by atoms with Gasteiger partial charge in [-0.2, -0.15) is 5.10 Å². The van der Waals surface area contributed by atoms with Crippen LogP contribution in [0.5, 0.6) is 0 Å². The van der Waals surface area contributed by atoms with Crippen LogP contribution < -0.4 is 0 Å². The Morgan fingerprint density at radius 2 is 1.96 bits per heavy atom. The number of aromatic carboxylic acids is 1. The second-order valence-corrected chi connectivity index (χ2v) is 6.30. The van der Waals surface area contributed by atoms with Crippen LogP contribution in [-0.2, 0) is 13.5 Å². The van der Waals surface area contributed by atoms with Gasteiger partial charge in [-0.25, -0.2) is 4.79 Å². The minimum Gasteiger partial charge on any atom is -0.478 e. The molecule has 1 aliphatic heterocycles. The number of likely N-dealkylation sites (tertiary alicyclic amines) is 1. The Bertz CT molecular complexity index is 745. The Hall–Kier alpha value is -2.63. The number of hydrogen-bond acceptors (Lipinski definition) is 3. The van der Waals surface area contributed by atoms with Crippen molar-refractivity contribution in [2.75, 3.05) is 13.1 Å². The molecule has 0 saturated carbocycles. The molecule has 0 bridgehead atoms. The molecule has 0 unspecified atom stereocenters. The van der Waals surface area contributed by atoms with Crippen molar-refractivity contribution in [3.05, 3.63) is 53.3 Å². The van der Waals surface area contributed by atoms with Gasteiger partial charge in [-0.15, -0.1) is 0 Å². The van der Waals surface area contributed by atoms with E-state index in [-0.39, 0.29) is 5.91 Å². The highest BCUT2D eigenvalue weighted by atomic mass is 16.4. The van der Waals surface area contributed by atoms with E-state index in [0.29, 0.717) is 30.1 Å². The summed E-state index contributed by atoms with van der Waals surface area (Å²) in [6.07, 6.45) is 5.85. The normalized spacial score (nSPS) is 15.5. The van der Waals surface area contributed by atoms with Gasteiger partial charge in [-0.1, -0.05) is 18.2 Å². The molecule has 0 aliphatic carbocycles. The molecule has 1 aliphatic rings. The van der Waals surface area contributed by atoms with Crippen molar-refractivity contribution in [1.82, 2.24) is 14.7 Å². The summed E-state index contributed by atoms with van der Waals surface area (Å²) < 4.78 is 1.63. The fraction of sp³-hybridized carbons (Fsp3) is 0.389. The van der Waals surface area contributed by atoms with E-state index >= 15 is 0 Å². The van der Waals surface area contributed by atoms with Gasteiger partial charge in [0.05, 0.1) is 17.3 Å². The summed E-state index contributed by atoms with van der Waals surface area (Å²) >= 11 is 0. The number of aryl methyl sites for hydroxylation is 1. The molecule has 126 valence electrons. The predicted molar refractivity (Wildman–Crippen MR) is 88.9 cm³/mol. The molecule has 0 spiro atoms. The third-order valence-electron chi connectivity index (χ3n) is 4.61.